The molecule has 0 aliphatic carbocycles. The van der Waals surface area contributed by atoms with Crippen molar-refractivity contribution in [2.45, 2.75) is 64.8 Å². The number of nitrogens with zero attached hydrogens (tertiary/aromatic N) is 2. The van der Waals surface area contributed by atoms with E-state index in [1.807, 2.05) is 0 Å². The molecule has 0 amide bonds. The summed E-state index contributed by atoms with van der Waals surface area (Å²) in [4.78, 5) is 17.0. The van der Waals surface area contributed by atoms with Crippen molar-refractivity contribution in [2.24, 2.45) is 17.8 Å². The number of ether oxygens (including phenoxy) is 1. The van der Waals surface area contributed by atoms with Gasteiger partial charge in [0.1, 0.15) is 0 Å². The maximum Gasteiger partial charge on any atom is 0.308 e. The minimum absolute atomic E-state index is 0.00413. The molecular formula is C26H42N2O2. The number of piperidine rings is 2. The molecular weight excluding hydrogens is 372 g/mol. The lowest BCUT2D eigenvalue weighted by molar-refractivity contribution is -0.145. The number of carbonyl (C=O) groups excluding carboxylic acids is 1. The van der Waals surface area contributed by atoms with E-state index < -0.39 is 0 Å². The Bertz CT molecular complexity index is 644. The maximum absolute atomic E-state index is 11.9. The Labute approximate surface area is 184 Å². The number of benzene rings is 1. The van der Waals surface area contributed by atoms with Crippen LogP contribution in [0.2, 0.25) is 0 Å². The topological polar surface area (TPSA) is 32.8 Å². The van der Waals surface area contributed by atoms with Crippen LogP contribution >= 0.6 is 0 Å². The third-order valence-corrected chi connectivity index (χ3v) is 7.68. The maximum atomic E-state index is 11.9. The van der Waals surface area contributed by atoms with Gasteiger partial charge in [-0.15, -0.1) is 0 Å². The molecule has 2 atom stereocenters. The quantitative estimate of drug-likeness (QED) is 0.565. The zero-order valence-electron chi connectivity index (χ0n) is 19.6. The average Bonchev–Trinajstić information content (AvgIpc) is 2.78. The van der Waals surface area contributed by atoms with Crippen LogP contribution in [0.5, 0.6) is 0 Å². The van der Waals surface area contributed by atoms with Crippen molar-refractivity contribution in [3.05, 3.63) is 35.4 Å². The second-order valence-corrected chi connectivity index (χ2v) is 9.76. The number of hydrogen-bond acceptors (Lipinski definition) is 4. The molecule has 168 valence electrons. The molecule has 1 aromatic carbocycles. The Morgan fingerprint density at radius 2 is 1.60 bits per heavy atom. The van der Waals surface area contributed by atoms with Gasteiger partial charge in [0.25, 0.3) is 0 Å². The molecule has 0 N–H and O–H groups in total. The lowest BCUT2D eigenvalue weighted by Crippen LogP contribution is -2.39. The predicted molar refractivity (Wildman–Crippen MR) is 123 cm³/mol. The largest absolute Gasteiger partial charge is 0.469 e. The van der Waals surface area contributed by atoms with Crippen LogP contribution in [0.3, 0.4) is 0 Å². The van der Waals surface area contributed by atoms with Gasteiger partial charge in [-0.1, -0.05) is 38.1 Å². The van der Waals surface area contributed by atoms with Crippen LogP contribution in [0.25, 0.3) is 0 Å². The van der Waals surface area contributed by atoms with Gasteiger partial charge in [-0.05, 0) is 101 Å². The summed E-state index contributed by atoms with van der Waals surface area (Å²) in [6.45, 7) is 10.4. The fourth-order valence-corrected chi connectivity index (χ4v) is 5.45. The van der Waals surface area contributed by atoms with Crippen molar-refractivity contribution in [1.82, 2.24) is 9.80 Å². The van der Waals surface area contributed by atoms with Gasteiger partial charge in [-0.2, -0.15) is 0 Å². The van der Waals surface area contributed by atoms with E-state index in [1.165, 1.54) is 70.1 Å². The highest BCUT2D eigenvalue weighted by Crippen LogP contribution is 2.33. The molecule has 2 aliphatic heterocycles. The molecule has 2 heterocycles. The van der Waals surface area contributed by atoms with E-state index in [-0.39, 0.29) is 11.9 Å². The monoisotopic (exact) mass is 414 g/mol. The number of methoxy groups -OCH3 is 1. The van der Waals surface area contributed by atoms with Crippen LogP contribution in [0.15, 0.2) is 24.3 Å². The van der Waals surface area contributed by atoms with Crippen molar-refractivity contribution in [3.63, 3.8) is 0 Å². The Kier molecular flexibility index (Phi) is 8.76. The van der Waals surface area contributed by atoms with Crippen molar-refractivity contribution >= 4 is 5.97 Å². The van der Waals surface area contributed by atoms with Gasteiger partial charge in [-0.25, -0.2) is 0 Å². The summed E-state index contributed by atoms with van der Waals surface area (Å²) in [5, 5.41) is 0. The lowest BCUT2D eigenvalue weighted by Gasteiger charge is -2.39. The molecule has 2 unspecified atom stereocenters. The van der Waals surface area contributed by atoms with Gasteiger partial charge in [0.15, 0.2) is 0 Å². The van der Waals surface area contributed by atoms with E-state index in [0.717, 1.165) is 31.2 Å². The third-order valence-electron chi connectivity index (χ3n) is 7.68. The van der Waals surface area contributed by atoms with E-state index in [9.17, 15) is 4.79 Å². The molecule has 3 rings (SSSR count). The summed E-state index contributed by atoms with van der Waals surface area (Å²) in [7, 11) is 3.74. The summed E-state index contributed by atoms with van der Waals surface area (Å²) >= 11 is 0. The number of carbonyl (C=O) groups is 1. The van der Waals surface area contributed by atoms with Gasteiger partial charge in [0.05, 0.1) is 13.0 Å². The first kappa shape index (κ1) is 23.3. The first-order chi connectivity index (χ1) is 14.5. The highest BCUT2D eigenvalue weighted by Gasteiger charge is 2.28. The molecule has 0 bridgehead atoms. The Balaban J connectivity index is 1.45. The first-order valence-corrected chi connectivity index (χ1v) is 12.1. The Morgan fingerprint density at radius 1 is 1.03 bits per heavy atom. The van der Waals surface area contributed by atoms with Crippen LogP contribution in [-0.2, 0) is 16.1 Å². The standard InChI is InChI=1S/C26H42N2O2/c1-5-22(26(29)30-4)18-20(2)23-8-6-21(7-9-23)19-28-16-12-25(13-17-28)24-10-14-27(3)15-11-24/h6-9,20,22,24-25H,5,10-19H2,1-4H3. The van der Waals surface area contributed by atoms with Gasteiger partial charge >= 0.3 is 5.97 Å². The van der Waals surface area contributed by atoms with E-state index >= 15 is 0 Å². The zero-order chi connectivity index (χ0) is 21.5. The van der Waals surface area contributed by atoms with Crippen molar-refractivity contribution in [3.8, 4) is 0 Å². The van der Waals surface area contributed by atoms with E-state index in [1.54, 1.807) is 0 Å². The molecule has 30 heavy (non-hydrogen) atoms. The molecule has 2 fully saturated rings. The summed E-state index contributed by atoms with van der Waals surface area (Å²) in [6.07, 6.45) is 7.23. The van der Waals surface area contributed by atoms with Gasteiger partial charge < -0.3 is 9.64 Å². The van der Waals surface area contributed by atoms with E-state index in [2.05, 4.69) is 55.0 Å². The highest BCUT2D eigenvalue weighted by atomic mass is 16.5. The van der Waals surface area contributed by atoms with Crippen molar-refractivity contribution < 1.29 is 9.53 Å². The average molecular weight is 415 g/mol. The fourth-order valence-electron chi connectivity index (χ4n) is 5.45. The van der Waals surface area contributed by atoms with Crippen LogP contribution in [0.4, 0.5) is 0 Å². The smallest absolute Gasteiger partial charge is 0.308 e. The number of hydrogen-bond donors (Lipinski definition) is 0. The first-order valence-electron chi connectivity index (χ1n) is 12.1. The fraction of sp³-hybridized carbons (Fsp3) is 0.731. The van der Waals surface area contributed by atoms with Crippen LogP contribution < -0.4 is 0 Å². The summed E-state index contributed by atoms with van der Waals surface area (Å²) < 4.78 is 4.95. The number of esters is 1. The normalized spacial score (nSPS) is 22.0. The molecule has 1 aromatic rings. The second kappa shape index (κ2) is 11.3. The minimum atomic E-state index is -0.0791. The zero-order valence-corrected chi connectivity index (χ0v) is 19.6. The van der Waals surface area contributed by atoms with E-state index in [0.29, 0.717) is 5.92 Å². The summed E-state index contributed by atoms with van der Waals surface area (Å²) in [6, 6.07) is 9.09. The number of rotatable bonds is 8. The molecule has 0 aromatic heterocycles. The second-order valence-electron chi connectivity index (χ2n) is 9.76. The SMILES string of the molecule is CCC(CC(C)c1ccc(CN2CCC(C3CCN(C)CC3)CC2)cc1)C(=O)OC. The number of likely N-dealkylation sites (tertiary alicyclic amines) is 2. The third kappa shape index (κ3) is 6.31. The lowest BCUT2D eigenvalue weighted by atomic mass is 9.79. The van der Waals surface area contributed by atoms with Crippen molar-refractivity contribution in [2.75, 3.05) is 40.3 Å². The molecule has 4 heteroatoms. The highest BCUT2D eigenvalue weighted by molar-refractivity contribution is 5.72. The predicted octanol–water partition coefficient (Wildman–Crippen LogP) is 4.93. The summed E-state index contributed by atoms with van der Waals surface area (Å²) in [5.41, 5.74) is 2.73. The molecule has 0 spiro atoms. The van der Waals surface area contributed by atoms with Gasteiger partial charge in [0, 0.05) is 6.54 Å². The molecule has 2 aliphatic rings. The Hall–Kier alpha value is -1.39. The summed E-state index contributed by atoms with van der Waals surface area (Å²) in [5.74, 6) is 2.19. The van der Waals surface area contributed by atoms with Crippen LogP contribution in [0, 0.1) is 17.8 Å². The molecule has 0 saturated carbocycles. The minimum Gasteiger partial charge on any atom is -0.469 e. The molecule has 4 nitrogen and oxygen atoms in total. The van der Waals surface area contributed by atoms with Crippen molar-refractivity contribution in [1.29, 1.82) is 0 Å². The van der Waals surface area contributed by atoms with E-state index in [4.69, 9.17) is 4.74 Å². The molecule has 0 radical (unpaired) electrons. The van der Waals surface area contributed by atoms with Gasteiger partial charge in [-0.3, -0.25) is 9.69 Å². The molecule has 2 saturated heterocycles. The Morgan fingerprint density at radius 3 is 2.13 bits per heavy atom. The van der Waals surface area contributed by atoms with Crippen LogP contribution in [0.1, 0.15) is 69.4 Å². The van der Waals surface area contributed by atoms with Gasteiger partial charge in [0.2, 0.25) is 0 Å². The van der Waals surface area contributed by atoms with Crippen LogP contribution in [-0.4, -0.2) is 56.1 Å².